The van der Waals surface area contributed by atoms with Crippen LogP contribution in [0.5, 0.6) is 0 Å². The van der Waals surface area contributed by atoms with E-state index in [9.17, 15) is 65.4 Å². The maximum absolute atomic E-state index is 13.3. The van der Waals surface area contributed by atoms with E-state index in [4.69, 9.17) is 24.7 Å². The molecule has 8 aromatic heterocycles. The van der Waals surface area contributed by atoms with Crippen molar-refractivity contribution in [3.8, 4) is 33.8 Å². The maximum Gasteiger partial charge on any atom is 2.00 e. The molecule has 0 fully saturated rings. The molecule has 8 heterocycles. The number of aliphatic hydroxyl groups is 1. The maximum atomic E-state index is 13.3. The third-order valence-corrected chi connectivity index (χ3v) is 16.8. The zero-order valence-corrected chi connectivity index (χ0v) is 78.7. The number of aromatic nitrogens is 8. The number of carbonyl (C=O) groups excluding carboxylic acids is 6. The summed E-state index contributed by atoms with van der Waals surface area (Å²) in [5.74, 6) is -4.95. The molecule has 0 atom stereocenters. The van der Waals surface area contributed by atoms with Crippen LogP contribution in [0, 0.1) is 36.5 Å². The van der Waals surface area contributed by atoms with Gasteiger partial charge in [-0.1, -0.05) is 137 Å². The number of hydrogen-bond donors (Lipinski definition) is 7. The SMILES string of the molecule is CC(=O)O.CC(C)(O)c1ccc(-c2cn3cc(F)cc3c(=O)[nH]2)cc1.CCOC(=O)c1cc(F)c[nH]1.CCOC(=O)c1cc(F)cn1CC(=O)c1ccc(Br)cc1.COC(=O)c1ccc(-c2cn3cc(F)cc3c(=O)[nH]2)cc1.N.O=C(CBr)c1ccc(Br)cc1.O=CO[O-].O=c1[nH]c(-c2ccc(Br)cc2)cn2cc(F)cc12.[CH3-].[Cl-].[H-].[K+].[K+].[Mg+2]. The Labute approximate surface area is 807 Å². The average Bonchev–Trinajstić information content (AvgIpc) is 1.59. The van der Waals surface area contributed by atoms with Crippen LogP contribution in [0.1, 0.15) is 93.7 Å². The van der Waals surface area contributed by atoms with Crippen LogP contribution >= 0.6 is 63.7 Å². The number of nitrogens with zero attached hydrogens (tertiary/aromatic N) is 4. The summed E-state index contributed by atoms with van der Waals surface area (Å²) in [4.78, 5) is 124. The third-order valence-electron chi connectivity index (χ3n) is 14.7. The Balaban J connectivity index is 0. The quantitative estimate of drug-likeness (QED) is 0.00612. The third kappa shape index (κ3) is 34.7. The number of fused-ring (bicyclic) bond motifs is 3. The molecule has 606 valence electrons. The van der Waals surface area contributed by atoms with Crippen molar-refractivity contribution in [1.29, 1.82) is 0 Å². The molecule has 0 aliphatic carbocycles. The number of carboxylic acid groups (broad SMARTS) is 1. The number of rotatable bonds is 15. The number of benzene rings is 5. The van der Waals surface area contributed by atoms with E-state index >= 15 is 0 Å². The number of carbonyl (C=O) groups is 7. The second-order valence-corrected chi connectivity index (χ2v) is 26.4. The summed E-state index contributed by atoms with van der Waals surface area (Å²) in [6.07, 6.45) is 11.0. The summed E-state index contributed by atoms with van der Waals surface area (Å²) in [7, 11) is 1.31. The number of hydrogen-bond acceptors (Lipinski definition) is 17. The number of methoxy groups -OCH3 is 1. The molecule has 0 radical (unpaired) electrons. The largest absolute Gasteiger partial charge is 2.00 e. The molecule has 0 aliphatic heterocycles. The van der Waals surface area contributed by atoms with E-state index in [2.05, 4.69) is 98.0 Å². The van der Waals surface area contributed by atoms with Crippen LogP contribution in [-0.4, -0.2) is 139 Å². The summed E-state index contributed by atoms with van der Waals surface area (Å²) in [5, 5.41) is 26.2. The van der Waals surface area contributed by atoms with Gasteiger partial charge in [-0.15, -0.1) is 0 Å². The first-order valence-corrected chi connectivity index (χ1v) is 35.8. The number of H-pyrrole nitrogens is 4. The van der Waals surface area contributed by atoms with E-state index < -0.39 is 58.6 Å². The summed E-state index contributed by atoms with van der Waals surface area (Å²) in [6, 6.07) is 41.2. The van der Waals surface area contributed by atoms with Gasteiger partial charge in [0.15, 0.2) is 11.6 Å². The summed E-state index contributed by atoms with van der Waals surface area (Å²) >= 11 is 13.0. The predicted molar refractivity (Wildman–Crippen MR) is 431 cm³/mol. The van der Waals surface area contributed by atoms with Crippen molar-refractivity contribution >= 4 is 145 Å². The van der Waals surface area contributed by atoms with Crippen molar-refractivity contribution in [3.63, 3.8) is 0 Å². The Morgan fingerprint density at radius 1 is 0.538 bits per heavy atom. The first kappa shape index (κ1) is 110. The zero-order chi connectivity index (χ0) is 81.8. The van der Waals surface area contributed by atoms with Gasteiger partial charge in [-0.3, -0.25) is 33.6 Å². The molecule has 13 aromatic rings. The normalized spacial score (nSPS) is 9.85. The standard InChI is InChI=1S/C16H15FN2O2.C15H13BrFNO3.C15H11FN2O3.C13H8BrFN2O.C8H6Br2O.C7H8FNO2.C2H4O2.CH2O3.CH3.ClH.2K.Mg.H3N.H/c1-16(2,21)11-5-3-10(4-6-11)13-9-19-8-12(17)7-14(19)15(20)18-13;1-2-21-15(20)13-7-12(17)8-18(13)9-14(19)10-3-5-11(16)6-4-10;1-21-15(20)10-4-2-9(3-5-10)12-8-18-7-11(16)6-13(18)14(19)17-12;14-9-3-1-8(2-4-9)11-7-17-6-10(15)5-12(17)13(18)16-11;9-5-8(11)6-1-3-7(10)4-2-6;1-2-11-7(10)6-3-5(8)4-9-6;1-2(3)4;2-1-4-3;;;;;;;/h3-9,21H,1-2H3,(H,18,20);3-8H,2,9H2,1H3;2-8H,1H3,(H,17,19);1-7H,(H,16,18);1-4H,5H2;3-4,9H,2H2,1H3;1H3,(H,3,4);1,3H;1H3;1H;;;;1H3;/q;;;;;;;;-1;;2*+1;+2;;-1/p-2. The summed E-state index contributed by atoms with van der Waals surface area (Å²) < 4.78 is 87.7. The Morgan fingerprint density at radius 3 is 1.21 bits per heavy atom. The Bertz CT molecular complexity index is 5580. The monoisotopic (exact) mass is 1960 g/mol. The molecule has 39 heteroatoms. The number of alkyl halides is 1. The Kier molecular flexibility index (Phi) is 50.6. The van der Waals surface area contributed by atoms with Crippen molar-refractivity contribution < 1.29 is 207 Å². The predicted octanol–water partition coefficient (Wildman–Crippen LogP) is 5.77. The molecule has 0 aliphatic rings. The number of aliphatic carboxylic acids is 1. The second-order valence-electron chi connectivity index (χ2n) is 23.1. The fourth-order valence-electron chi connectivity index (χ4n) is 9.58. The fourth-order valence-corrected chi connectivity index (χ4v) is 10.7. The first-order chi connectivity index (χ1) is 52.7. The fraction of sp³-hybridized carbons (Fsp3) is 0.141. The molecule has 26 nitrogen and oxygen atoms in total. The molecule has 0 unspecified atom stereocenters. The van der Waals surface area contributed by atoms with Crippen molar-refractivity contribution in [3.05, 3.63) is 316 Å². The number of nitrogens with one attached hydrogen (secondary N) is 4. The molecule has 0 saturated carbocycles. The molecule has 0 bridgehead atoms. The number of carboxylic acids is 1. The van der Waals surface area contributed by atoms with Gasteiger partial charge in [-0.2, -0.15) is 0 Å². The molecule has 5 aromatic carbocycles. The molecular formula is C78H73Br4ClF5K2MgN9O17. The summed E-state index contributed by atoms with van der Waals surface area (Å²) in [6.45, 7) is 8.02. The Hall–Kier alpha value is -7.40. The van der Waals surface area contributed by atoms with Gasteiger partial charge < -0.3 is 99.7 Å². The van der Waals surface area contributed by atoms with E-state index in [0.29, 0.717) is 51.2 Å². The van der Waals surface area contributed by atoms with Gasteiger partial charge in [0.1, 0.15) is 57.0 Å². The van der Waals surface area contributed by atoms with Crippen molar-refractivity contribution in [2.75, 3.05) is 25.7 Å². The van der Waals surface area contributed by atoms with Crippen LogP contribution in [0.4, 0.5) is 22.0 Å². The van der Waals surface area contributed by atoms with E-state index in [-0.39, 0.29) is 224 Å². The molecule has 0 spiro atoms. The van der Waals surface area contributed by atoms with Gasteiger partial charge in [-0.05, 0) is 98.5 Å². The van der Waals surface area contributed by atoms with Gasteiger partial charge in [0, 0.05) is 111 Å². The van der Waals surface area contributed by atoms with E-state index in [1.807, 2.05) is 48.5 Å². The smallest absolute Gasteiger partial charge is 1.00 e. The van der Waals surface area contributed by atoms with E-state index in [1.165, 1.54) is 61.7 Å². The number of halogens is 10. The number of aromatic amines is 4. The second kappa shape index (κ2) is 54.0. The minimum absolute atomic E-state index is 0. The van der Waals surface area contributed by atoms with Crippen molar-refractivity contribution in [2.45, 2.75) is 46.8 Å². The van der Waals surface area contributed by atoms with Crippen LogP contribution in [0.2, 0.25) is 0 Å². The van der Waals surface area contributed by atoms with Crippen LogP contribution in [0.3, 0.4) is 0 Å². The number of Topliss-reactive ketones (excluding diaryl/α,β-unsaturated/α-hetero) is 2. The molecular weight excluding hydrogens is 1890 g/mol. The van der Waals surface area contributed by atoms with Crippen molar-refractivity contribution in [1.82, 2.24) is 43.9 Å². The van der Waals surface area contributed by atoms with Crippen molar-refractivity contribution in [2.24, 2.45) is 0 Å². The minimum Gasteiger partial charge on any atom is -1.00 e. The van der Waals surface area contributed by atoms with E-state index in [0.717, 1.165) is 67.1 Å². The van der Waals surface area contributed by atoms with Crippen LogP contribution in [0.15, 0.2) is 229 Å². The average molecular weight is 1960 g/mol. The van der Waals surface area contributed by atoms with E-state index in [1.54, 1.807) is 119 Å². The number of esters is 3. The molecule has 0 amide bonds. The number of ether oxygens (including phenoxy) is 3. The minimum atomic E-state index is -0.917. The van der Waals surface area contributed by atoms with Gasteiger partial charge >= 0.3 is 144 Å². The topological polar surface area (TPSA) is 387 Å². The van der Waals surface area contributed by atoms with Crippen LogP contribution in [-0.2, 0) is 40.8 Å². The molecule has 0 saturated heterocycles. The summed E-state index contributed by atoms with van der Waals surface area (Å²) in [5.41, 5.74) is 5.57. The van der Waals surface area contributed by atoms with Crippen LogP contribution in [0.25, 0.3) is 50.3 Å². The molecule has 117 heavy (non-hydrogen) atoms. The van der Waals surface area contributed by atoms with Gasteiger partial charge in [-0.25, -0.2) is 36.3 Å². The first-order valence-electron chi connectivity index (χ1n) is 32.3. The van der Waals surface area contributed by atoms with Gasteiger partial charge in [0.25, 0.3) is 29.1 Å². The molecule has 9 N–H and O–H groups in total. The van der Waals surface area contributed by atoms with Gasteiger partial charge in [0.2, 0.25) is 0 Å². The molecule has 13 rings (SSSR count). The number of ketones is 2. The van der Waals surface area contributed by atoms with Gasteiger partial charge in [0.05, 0.1) is 60.4 Å². The Morgan fingerprint density at radius 2 is 0.872 bits per heavy atom. The zero-order valence-electron chi connectivity index (χ0n) is 65.0. The van der Waals surface area contributed by atoms with Crippen LogP contribution < -0.4 is 143 Å².